The molecule has 0 unspecified atom stereocenters. The highest BCUT2D eigenvalue weighted by Crippen LogP contribution is 2.34. The average Bonchev–Trinajstić information content (AvgIpc) is 2.36. The highest BCUT2D eigenvalue weighted by Gasteiger charge is 2.34. The maximum Gasteiger partial charge on any atom is 0.121 e. The van der Waals surface area contributed by atoms with Crippen LogP contribution in [0.25, 0.3) is 0 Å². The molecule has 0 saturated heterocycles. The predicted molar refractivity (Wildman–Crippen MR) is 39.6 cm³/mol. The van der Waals surface area contributed by atoms with Gasteiger partial charge in [0.05, 0.1) is 7.11 Å². The first-order chi connectivity index (χ1) is 4.69. The van der Waals surface area contributed by atoms with Crippen LogP contribution in [0.15, 0.2) is 12.3 Å². The molecule has 1 saturated carbocycles. The van der Waals surface area contributed by atoms with Gasteiger partial charge >= 0.3 is 0 Å². The molecule has 0 amide bonds. The summed E-state index contributed by atoms with van der Waals surface area (Å²) in [5, 5.41) is 9.74. The van der Waals surface area contributed by atoms with Crippen molar-refractivity contribution in [3.05, 3.63) is 12.3 Å². The Labute approximate surface area is 61.5 Å². The van der Waals surface area contributed by atoms with E-state index in [1.54, 1.807) is 7.11 Å². The molecule has 1 rings (SSSR count). The summed E-state index contributed by atoms with van der Waals surface area (Å²) in [5.74, 6) is 0.519. The second kappa shape index (κ2) is 2.62. The van der Waals surface area contributed by atoms with E-state index in [9.17, 15) is 5.11 Å². The van der Waals surface area contributed by atoms with Gasteiger partial charge in [0.2, 0.25) is 0 Å². The number of ether oxygens (including phenoxy) is 1. The van der Waals surface area contributed by atoms with Gasteiger partial charge in [-0.3, -0.25) is 0 Å². The number of hydrogen-bond acceptors (Lipinski definition) is 2. The number of hydrogen-bond donors (Lipinski definition) is 1. The lowest BCUT2D eigenvalue weighted by Gasteiger charge is -2.22. The van der Waals surface area contributed by atoms with Gasteiger partial charge in [-0.05, 0) is 25.7 Å². The van der Waals surface area contributed by atoms with Gasteiger partial charge in [-0.25, -0.2) is 0 Å². The van der Waals surface area contributed by atoms with Crippen LogP contribution in [0.3, 0.4) is 0 Å². The van der Waals surface area contributed by atoms with Gasteiger partial charge in [0, 0.05) is 0 Å². The van der Waals surface area contributed by atoms with Crippen molar-refractivity contribution in [1.29, 1.82) is 0 Å². The Morgan fingerprint density at radius 2 is 2.00 bits per heavy atom. The molecule has 1 N–H and O–H groups in total. The quantitative estimate of drug-likeness (QED) is 0.591. The lowest BCUT2D eigenvalue weighted by atomic mass is 10.0. The maximum atomic E-state index is 9.74. The molecule has 0 aromatic rings. The van der Waals surface area contributed by atoms with Crippen molar-refractivity contribution < 1.29 is 9.84 Å². The van der Waals surface area contributed by atoms with E-state index in [1.807, 2.05) is 0 Å². The third-order valence-corrected chi connectivity index (χ3v) is 2.20. The van der Waals surface area contributed by atoms with Crippen molar-refractivity contribution in [2.24, 2.45) is 0 Å². The predicted octanol–water partition coefficient (Wildman–Crippen LogP) is 1.45. The molecule has 0 radical (unpaired) electrons. The Bertz CT molecular complexity index is 134. The molecule has 0 aromatic carbocycles. The summed E-state index contributed by atoms with van der Waals surface area (Å²) < 4.78 is 4.89. The minimum absolute atomic E-state index is 0.519. The van der Waals surface area contributed by atoms with Crippen LogP contribution in [0.2, 0.25) is 0 Å². The van der Waals surface area contributed by atoms with Crippen molar-refractivity contribution in [3.8, 4) is 0 Å². The third-order valence-electron chi connectivity index (χ3n) is 2.20. The van der Waals surface area contributed by atoms with Crippen LogP contribution in [0, 0.1) is 0 Å². The molecule has 0 spiro atoms. The Kier molecular flexibility index (Phi) is 2.00. The normalized spacial score (nSPS) is 22.6. The van der Waals surface area contributed by atoms with Crippen molar-refractivity contribution in [1.82, 2.24) is 0 Å². The van der Waals surface area contributed by atoms with E-state index in [2.05, 4.69) is 6.58 Å². The Morgan fingerprint density at radius 1 is 1.50 bits per heavy atom. The van der Waals surface area contributed by atoms with Crippen LogP contribution in [0.4, 0.5) is 0 Å². The zero-order chi connectivity index (χ0) is 7.61. The highest BCUT2D eigenvalue weighted by atomic mass is 16.5. The van der Waals surface area contributed by atoms with E-state index in [0.29, 0.717) is 5.76 Å². The van der Waals surface area contributed by atoms with Gasteiger partial charge in [-0.2, -0.15) is 0 Å². The maximum absolute atomic E-state index is 9.74. The van der Waals surface area contributed by atoms with Crippen LogP contribution in [-0.2, 0) is 4.74 Å². The zero-order valence-corrected chi connectivity index (χ0v) is 6.39. The summed E-state index contributed by atoms with van der Waals surface area (Å²) in [6.45, 7) is 3.65. The fourth-order valence-corrected chi connectivity index (χ4v) is 1.43. The van der Waals surface area contributed by atoms with Crippen molar-refractivity contribution in [3.63, 3.8) is 0 Å². The van der Waals surface area contributed by atoms with Gasteiger partial charge in [-0.1, -0.05) is 6.58 Å². The molecule has 1 fully saturated rings. The van der Waals surface area contributed by atoms with Crippen molar-refractivity contribution >= 4 is 0 Å². The molecule has 0 aromatic heterocycles. The first kappa shape index (κ1) is 7.61. The van der Waals surface area contributed by atoms with Crippen LogP contribution in [0.1, 0.15) is 25.7 Å². The zero-order valence-electron chi connectivity index (χ0n) is 6.39. The average molecular weight is 142 g/mol. The summed E-state index contributed by atoms with van der Waals surface area (Å²) in [6.07, 6.45) is 3.77. The van der Waals surface area contributed by atoms with E-state index in [1.165, 1.54) is 0 Å². The first-order valence-corrected chi connectivity index (χ1v) is 3.65. The minimum Gasteiger partial charge on any atom is -0.499 e. The molecule has 0 bridgehead atoms. The second-order valence-electron chi connectivity index (χ2n) is 2.87. The van der Waals surface area contributed by atoms with Crippen molar-refractivity contribution in [2.75, 3.05) is 7.11 Å². The fraction of sp³-hybridized carbons (Fsp3) is 0.750. The summed E-state index contributed by atoms with van der Waals surface area (Å²) in [6, 6.07) is 0. The number of aliphatic hydroxyl groups is 1. The largest absolute Gasteiger partial charge is 0.499 e. The molecule has 10 heavy (non-hydrogen) atoms. The molecule has 58 valence electrons. The number of methoxy groups -OCH3 is 1. The summed E-state index contributed by atoms with van der Waals surface area (Å²) >= 11 is 0. The van der Waals surface area contributed by atoms with Crippen LogP contribution >= 0.6 is 0 Å². The summed E-state index contributed by atoms with van der Waals surface area (Å²) in [7, 11) is 1.55. The van der Waals surface area contributed by atoms with Gasteiger partial charge in [-0.15, -0.1) is 0 Å². The van der Waals surface area contributed by atoms with E-state index in [-0.39, 0.29) is 0 Å². The minimum atomic E-state index is -0.714. The second-order valence-corrected chi connectivity index (χ2v) is 2.87. The summed E-state index contributed by atoms with van der Waals surface area (Å²) in [5.41, 5.74) is -0.714. The summed E-state index contributed by atoms with van der Waals surface area (Å²) in [4.78, 5) is 0. The molecule has 2 heteroatoms. The smallest absolute Gasteiger partial charge is 0.121 e. The number of rotatable bonds is 2. The molecular formula is C8H14O2. The van der Waals surface area contributed by atoms with Crippen LogP contribution < -0.4 is 0 Å². The van der Waals surface area contributed by atoms with Crippen LogP contribution in [0.5, 0.6) is 0 Å². The topological polar surface area (TPSA) is 29.5 Å². The molecule has 0 aliphatic heterocycles. The Hall–Kier alpha value is -0.500. The van der Waals surface area contributed by atoms with E-state index < -0.39 is 5.60 Å². The first-order valence-electron chi connectivity index (χ1n) is 3.65. The lowest BCUT2D eigenvalue weighted by Crippen LogP contribution is -2.27. The molecular weight excluding hydrogens is 128 g/mol. The van der Waals surface area contributed by atoms with Gasteiger partial charge in [0.15, 0.2) is 0 Å². The van der Waals surface area contributed by atoms with E-state index in [0.717, 1.165) is 25.7 Å². The standard InChI is InChI=1S/C8H14O2/c1-7(10-2)8(9)5-3-4-6-8/h9H,1,3-6H2,2H3. The van der Waals surface area contributed by atoms with Gasteiger partial charge < -0.3 is 9.84 Å². The van der Waals surface area contributed by atoms with Gasteiger partial charge in [0.1, 0.15) is 11.4 Å². The Balaban J connectivity index is 2.58. The SMILES string of the molecule is C=C(OC)C1(O)CCCC1. The molecule has 2 nitrogen and oxygen atoms in total. The van der Waals surface area contributed by atoms with E-state index >= 15 is 0 Å². The van der Waals surface area contributed by atoms with Crippen LogP contribution in [-0.4, -0.2) is 17.8 Å². The fourth-order valence-electron chi connectivity index (χ4n) is 1.43. The molecule has 0 atom stereocenters. The van der Waals surface area contributed by atoms with E-state index in [4.69, 9.17) is 4.74 Å². The monoisotopic (exact) mass is 142 g/mol. The van der Waals surface area contributed by atoms with Gasteiger partial charge in [0.25, 0.3) is 0 Å². The third kappa shape index (κ3) is 1.16. The molecule has 1 aliphatic rings. The van der Waals surface area contributed by atoms with Crippen molar-refractivity contribution in [2.45, 2.75) is 31.3 Å². The molecule has 1 aliphatic carbocycles. The lowest BCUT2D eigenvalue weighted by molar-refractivity contribution is 0.0298. The highest BCUT2D eigenvalue weighted by molar-refractivity contribution is 5.07. The molecule has 0 heterocycles. The Morgan fingerprint density at radius 3 is 2.40 bits per heavy atom.